The van der Waals surface area contributed by atoms with Crippen molar-refractivity contribution in [3.8, 4) is 0 Å². The Kier molecular flexibility index (Phi) is 4.42. The lowest BCUT2D eigenvalue weighted by Gasteiger charge is -2.40. The molecular formula is C13H26N2O2. The number of ether oxygens (including phenoxy) is 1. The van der Waals surface area contributed by atoms with Gasteiger partial charge in [0.15, 0.2) is 0 Å². The van der Waals surface area contributed by atoms with Gasteiger partial charge in [-0.25, -0.2) is 0 Å². The van der Waals surface area contributed by atoms with Crippen molar-refractivity contribution in [2.24, 2.45) is 5.73 Å². The second-order valence-electron chi connectivity index (χ2n) is 5.82. The van der Waals surface area contributed by atoms with Gasteiger partial charge in [-0.2, -0.15) is 0 Å². The Bertz CT molecular complexity index is 234. The molecule has 0 amide bonds. The molecule has 0 aromatic rings. The fraction of sp³-hybridized carbons (Fsp3) is 1.00. The van der Waals surface area contributed by atoms with Gasteiger partial charge in [0.1, 0.15) is 0 Å². The van der Waals surface area contributed by atoms with Gasteiger partial charge in [-0.05, 0) is 32.7 Å². The monoisotopic (exact) mass is 242 g/mol. The molecule has 0 aromatic carbocycles. The quantitative estimate of drug-likeness (QED) is 0.766. The minimum atomic E-state index is -0.535. The summed E-state index contributed by atoms with van der Waals surface area (Å²) in [7, 11) is 2.13. The Labute approximate surface area is 104 Å². The van der Waals surface area contributed by atoms with E-state index in [4.69, 9.17) is 10.5 Å². The number of nitrogens with zero attached hydrogens (tertiary/aromatic N) is 1. The second-order valence-corrected chi connectivity index (χ2v) is 5.82. The molecule has 1 aliphatic carbocycles. The molecule has 17 heavy (non-hydrogen) atoms. The Morgan fingerprint density at radius 2 is 1.82 bits per heavy atom. The SMILES string of the molecule is CN(CC1(O)CCOCC1)C1CCC(N)CC1. The average Bonchev–Trinajstić information content (AvgIpc) is 2.30. The number of nitrogens with two attached hydrogens (primary N) is 1. The maximum atomic E-state index is 10.5. The summed E-state index contributed by atoms with van der Waals surface area (Å²) in [6.07, 6.45) is 6.12. The van der Waals surface area contributed by atoms with E-state index in [-0.39, 0.29) is 0 Å². The molecule has 0 aromatic heterocycles. The Balaban J connectivity index is 1.81. The summed E-state index contributed by atoms with van der Waals surface area (Å²) in [6, 6.07) is 0.993. The van der Waals surface area contributed by atoms with Crippen molar-refractivity contribution >= 4 is 0 Å². The first-order valence-corrected chi connectivity index (χ1v) is 6.85. The summed E-state index contributed by atoms with van der Waals surface area (Å²) in [5.41, 5.74) is 5.39. The van der Waals surface area contributed by atoms with Crippen molar-refractivity contribution in [2.45, 2.75) is 56.2 Å². The molecule has 0 bridgehead atoms. The number of likely N-dealkylation sites (N-methyl/N-ethyl adjacent to an activating group) is 1. The minimum Gasteiger partial charge on any atom is -0.388 e. The lowest BCUT2D eigenvalue weighted by atomic mass is 9.88. The molecule has 1 heterocycles. The third kappa shape index (κ3) is 3.65. The highest BCUT2D eigenvalue weighted by Crippen LogP contribution is 2.26. The van der Waals surface area contributed by atoms with Crippen LogP contribution >= 0.6 is 0 Å². The van der Waals surface area contributed by atoms with E-state index < -0.39 is 5.60 Å². The van der Waals surface area contributed by atoms with Crippen LogP contribution in [0.15, 0.2) is 0 Å². The van der Waals surface area contributed by atoms with Gasteiger partial charge in [-0.3, -0.25) is 0 Å². The van der Waals surface area contributed by atoms with Gasteiger partial charge in [0, 0.05) is 44.7 Å². The van der Waals surface area contributed by atoms with Crippen LogP contribution in [0.4, 0.5) is 0 Å². The van der Waals surface area contributed by atoms with Crippen LogP contribution in [0.25, 0.3) is 0 Å². The highest BCUT2D eigenvalue weighted by Gasteiger charge is 2.33. The number of hydrogen-bond donors (Lipinski definition) is 2. The fourth-order valence-electron chi connectivity index (χ4n) is 3.05. The predicted octanol–water partition coefficient (Wildman–Crippen LogP) is 0.730. The minimum absolute atomic E-state index is 0.394. The second kappa shape index (κ2) is 5.65. The first kappa shape index (κ1) is 13.3. The van der Waals surface area contributed by atoms with Crippen LogP contribution in [-0.4, -0.2) is 54.5 Å². The van der Waals surface area contributed by atoms with E-state index in [1.54, 1.807) is 0 Å². The molecule has 1 saturated heterocycles. The van der Waals surface area contributed by atoms with Crippen LogP contribution in [0, 0.1) is 0 Å². The molecular weight excluding hydrogens is 216 g/mol. The topological polar surface area (TPSA) is 58.7 Å². The molecule has 2 rings (SSSR count). The first-order chi connectivity index (χ1) is 8.09. The van der Waals surface area contributed by atoms with Crippen molar-refractivity contribution in [1.29, 1.82) is 0 Å². The molecule has 2 aliphatic rings. The van der Waals surface area contributed by atoms with Crippen molar-refractivity contribution in [3.63, 3.8) is 0 Å². The number of aliphatic hydroxyl groups is 1. The Morgan fingerprint density at radius 1 is 1.24 bits per heavy atom. The zero-order chi connectivity index (χ0) is 12.3. The smallest absolute Gasteiger partial charge is 0.0817 e. The average molecular weight is 242 g/mol. The molecule has 4 nitrogen and oxygen atoms in total. The molecule has 2 fully saturated rings. The summed E-state index contributed by atoms with van der Waals surface area (Å²) < 4.78 is 5.31. The van der Waals surface area contributed by atoms with Crippen LogP contribution in [0.2, 0.25) is 0 Å². The van der Waals surface area contributed by atoms with E-state index >= 15 is 0 Å². The zero-order valence-corrected chi connectivity index (χ0v) is 10.9. The fourth-order valence-corrected chi connectivity index (χ4v) is 3.05. The standard InChI is InChI=1S/C13H26N2O2/c1-15(12-4-2-11(14)3-5-12)10-13(16)6-8-17-9-7-13/h11-12,16H,2-10,14H2,1H3. The van der Waals surface area contributed by atoms with Gasteiger partial charge in [0.05, 0.1) is 5.60 Å². The van der Waals surface area contributed by atoms with Crippen LogP contribution in [0.3, 0.4) is 0 Å². The molecule has 3 N–H and O–H groups in total. The van der Waals surface area contributed by atoms with Gasteiger partial charge in [-0.1, -0.05) is 0 Å². The highest BCUT2D eigenvalue weighted by atomic mass is 16.5. The van der Waals surface area contributed by atoms with Gasteiger partial charge in [0.25, 0.3) is 0 Å². The number of rotatable bonds is 3. The van der Waals surface area contributed by atoms with Gasteiger partial charge < -0.3 is 20.5 Å². The Hall–Kier alpha value is -0.160. The van der Waals surface area contributed by atoms with Gasteiger partial charge >= 0.3 is 0 Å². The molecule has 100 valence electrons. The van der Waals surface area contributed by atoms with E-state index in [0.717, 1.165) is 32.2 Å². The van der Waals surface area contributed by atoms with Crippen LogP contribution in [-0.2, 0) is 4.74 Å². The first-order valence-electron chi connectivity index (χ1n) is 6.85. The maximum absolute atomic E-state index is 10.5. The summed E-state index contributed by atoms with van der Waals surface area (Å²) in [5, 5.41) is 10.5. The van der Waals surface area contributed by atoms with Crippen molar-refractivity contribution in [3.05, 3.63) is 0 Å². The molecule has 1 aliphatic heterocycles. The third-order valence-corrected chi connectivity index (χ3v) is 4.33. The molecule has 0 atom stereocenters. The van der Waals surface area contributed by atoms with Gasteiger partial charge in [0.2, 0.25) is 0 Å². The lowest BCUT2D eigenvalue weighted by Crippen LogP contribution is -2.49. The van der Waals surface area contributed by atoms with E-state index in [9.17, 15) is 5.11 Å². The summed E-state index contributed by atoms with van der Waals surface area (Å²) in [4.78, 5) is 2.33. The van der Waals surface area contributed by atoms with Gasteiger partial charge in [-0.15, -0.1) is 0 Å². The normalized spacial score (nSPS) is 33.9. The van der Waals surface area contributed by atoms with E-state index in [1.807, 2.05) is 0 Å². The van der Waals surface area contributed by atoms with Crippen LogP contribution in [0.1, 0.15) is 38.5 Å². The van der Waals surface area contributed by atoms with Crippen molar-refractivity contribution in [2.75, 3.05) is 26.8 Å². The molecule has 0 unspecified atom stereocenters. The largest absolute Gasteiger partial charge is 0.388 e. The van der Waals surface area contributed by atoms with Crippen LogP contribution < -0.4 is 5.73 Å². The van der Waals surface area contributed by atoms with E-state index in [2.05, 4.69) is 11.9 Å². The maximum Gasteiger partial charge on any atom is 0.0817 e. The summed E-state index contributed by atoms with van der Waals surface area (Å²) in [5.74, 6) is 0. The van der Waals surface area contributed by atoms with Crippen molar-refractivity contribution < 1.29 is 9.84 Å². The molecule has 1 saturated carbocycles. The highest BCUT2D eigenvalue weighted by molar-refractivity contribution is 4.87. The molecule has 0 spiro atoms. The zero-order valence-electron chi connectivity index (χ0n) is 10.9. The summed E-state index contributed by atoms with van der Waals surface area (Å²) in [6.45, 7) is 2.16. The summed E-state index contributed by atoms with van der Waals surface area (Å²) >= 11 is 0. The van der Waals surface area contributed by atoms with E-state index in [1.165, 1.54) is 12.8 Å². The van der Waals surface area contributed by atoms with E-state index in [0.29, 0.717) is 25.3 Å². The van der Waals surface area contributed by atoms with Crippen molar-refractivity contribution in [1.82, 2.24) is 4.90 Å². The number of hydrogen-bond acceptors (Lipinski definition) is 4. The Morgan fingerprint density at radius 3 is 2.41 bits per heavy atom. The van der Waals surface area contributed by atoms with Crippen LogP contribution in [0.5, 0.6) is 0 Å². The predicted molar refractivity (Wildman–Crippen MR) is 67.9 cm³/mol. The molecule has 0 radical (unpaired) electrons. The third-order valence-electron chi connectivity index (χ3n) is 4.33. The lowest BCUT2D eigenvalue weighted by molar-refractivity contribution is -0.0829. The molecule has 4 heteroatoms.